The molecule has 0 radical (unpaired) electrons. The molecule has 0 saturated carbocycles. The van der Waals surface area contributed by atoms with Crippen LogP contribution < -0.4 is 5.32 Å². The summed E-state index contributed by atoms with van der Waals surface area (Å²) in [5.41, 5.74) is 0. The van der Waals surface area contributed by atoms with Gasteiger partial charge in [-0.05, 0) is 39.0 Å². The Hall–Kier alpha value is -1.03. The Morgan fingerprint density at radius 1 is 1.35 bits per heavy atom. The Balaban J connectivity index is 2.13. The summed E-state index contributed by atoms with van der Waals surface area (Å²) in [4.78, 5) is 11.5. The summed E-state index contributed by atoms with van der Waals surface area (Å²) in [7, 11) is 0. The number of alkyl carbamates (subject to hydrolysis) is 1. The lowest BCUT2D eigenvalue weighted by Gasteiger charge is -2.18. The van der Waals surface area contributed by atoms with Crippen LogP contribution in [0, 0.1) is 0 Å². The van der Waals surface area contributed by atoms with Crippen LogP contribution in [0.1, 0.15) is 39.0 Å². The minimum atomic E-state index is -0.320. The molecule has 0 spiro atoms. The minimum Gasteiger partial charge on any atom is -0.446 e. The normalized spacial score (nSPS) is 22.3. The van der Waals surface area contributed by atoms with Crippen LogP contribution in [0.5, 0.6) is 0 Å². The van der Waals surface area contributed by atoms with Crippen LogP contribution in [0.25, 0.3) is 0 Å². The highest BCUT2D eigenvalue weighted by Crippen LogP contribution is 2.15. The average molecular weight is 241 g/mol. The Bertz CT molecular complexity index is 241. The fourth-order valence-corrected chi connectivity index (χ4v) is 1.81. The van der Waals surface area contributed by atoms with Gasteiger partial charge in [0.05, 0.1) is 6.61 Å². The van der Waals surface area contributed by atoms with Crippen LogP contribution in [0.2, 0.25) is 0 Å². The highest BCUT2D eigenvalue weighted by molar-refractivity contribution is 5.67. The molecule has 1 atom stereocenters. The number of hydrogen-bond donors (Lipinski definition) is 1. The van der Waals surface area contributed by atoms with Crippen molar-refractivity contribution in [2.75, 3.05) is 19.8 Å². The summed E-state index contributed by atoms with van der Waals surface area (Å²) >= 11 is 0. The molecule has 17 heavy (non-hydrogen) atoms. The van der Waals surface area contributed by atoms with E-state index in [2.05, 4.69) is 17.5 Å². The molecule has 0 saturated heterocycles. The molecule has 1 aliphatic rings. The second kappa shape index (κ2) is 9.05. The average Bonchev–Trinajstić information content (AvgIpc) is 2.28. The van der Waals surface area contributed by atoms with Crippen molar-refractivity contribution in [2.24, 2.45) is 0 Å². The van der Waals surface area contributed by atoms with Crippen LogP contribution in [0.15, 0.2) is 12.2 Å². The Kier molecular flexibility index (Phi) is 7.47. The Morgan fingerprint density at radius 2 is 2.18 bits per heavy atom. The van der Waals surface area contributed by atoms with Gasteiger partial charge in [0.15, 0.2) is 0 Å². The Morgan fingerprint density at radius 3 is 3.00 bits per heavy atom. The van der Waals surface area contributed by atoms with E-state index in [1.165, 1.54) is 0 Å². The smallest absolute Gasteiger partial charge is 0.407 e. The van der Waals surface area contributed by atoms with Gasteiger partial charge in [-0.1, -0.05) is 12.2 Å². The lowest BCUT2D eigenvalue weighted by atomic mass is 10.0. The zero-order valence-corrected chi connectivity index (χ0v) is 10.6. The third-order valence-electron chi connectivity index (χ3n) is 2.71. The number of rotatable bonds is 5. The van der Waals surface area contributed by atoms with Gasteiger partial charge in [0.2, 0.25) is 0 Å². The molecule has 4 heteroatoms. The molecule has 98 valence electrons. The van der Waals surface area contributed by atoms with Crippen molar-refractivity contribution in [1.82, 2.24) is 5.32 Å². The number of nitrogens with one attached hydrogen (secondary N) is 1. The first-order valence-electron chi connectivity index (χ1n) is 6.50. The molecule has 1 amide bonds. The maximum atomic E-state index is 11.5. The Labute approximate surface area is 103 Å². The number of hydrogen-bond acceptors (Lipinski definition) is 3. The van der Waals surface area contributed by atoms with E-state index in [0.717, 1.165) is 32.1 Å². The molecule has 0 fully saturated rings. The van der Waals surface area contributed by atoms with Gasteiger partial charge in [-0.25, -0.2) is 4.79 Å². The lowest BCUT2D eigenvalue weighted by Crippen LogP contribution is -2.31. The highest BCUT2D eigenvalue weighted by Gasteiger charge is 2.13. The van der Waals surface area contributed by atoms with E-state index in [-0.39, 0.29) is 12.2 Å². The van der Waals surface area contributed by atoms with E-state index in [1.54, 1.807) is 0 Å². The molecule has 0 bridgehead atoms. The van der Waals surface area contributed by atoms with E-state index < -0.39 is 0 Å². The number of carbonyl (C=O) groups is 1. The molecule has 0 aromatic carbocycles. The number of carbonyl (C=O) groups excluding carboxylic acids is 1. The lowest BCUT2D eigenvalue weighted by molar-refractivity contribution is 0.0820. The maximum Gasteiger partial charge on any atom is 0.407 e. The van der Waals surface area contributed by atoms with E-state index in [9.17, 15) is 4.79 Å². The highest BCUT2D eigenvalue weighted by atomic mass is 16.6. The van der Waals surface area contributed by atoms with Crippen LogP contribution in [-0.4, -0.2) is 32.0 Å². The van der Waals surface area contributed by atoms with Gasteiger partial charge in [0.1, 0.15) is 6.10 Å². The summed E-state index contributed by atoms with van der Waals surface area (Å²) in [6.45, 7) is 3.66. The summed E-state index contributed by atoms with van der Waals surface area (Å²) in [5, 5.41) is 2.70. The van der Waals surface area contributed by atoms with Crippen molar-refractivity contribution in [3.63, 3.8) is 0 Å². The van der Waals surface area contributed by atoms with Gasteiger partial charge < -0.3 is 14.8 Å². The van der Waals surface area contributed by atoms with Gasteiger partial charge in [-0.15, -0.1) is 0 Å². The zero-order chi connectivity index (χ0) is 12.3. The van der Waals surface area contributed by atoms with Crippen LogP contribution >= 0.6 is 0 Å². The zero-order valence-electron chi connectivity index (χ0n) is 10.6. The van der Waals surface area contributed by atoms with Gasteiger partial charge >= 0.3 is 6.09 Å². The van der Waals surface area contributed by atoms with Gasteiger partial charge in [-0.3, -0.25) is 0 Å². The van der Waals surface area contributed by atoms with E-state index >= 15 is 0 Å². The molecule has 0 aliphatic heterocycles. The molecule has 0 heterocycles. The predicted molar refractivity (Wildman–Crippen MR) is 67.0 cm³/mol. The molecule has 0 aromatic heterocycles. The van der Waals surface area contributed by atoms with Gasteiger partial charge in [0.25, 0.3) is 0 Å². The number of amides is 1. The third-order valence-corrected chi connectivity index (χ3v) is 2.71. The van der Waals surface area contributed by atoms with Gasteiger partial charge in [-0.2, -0.15) is 0 Å². The maximum absolute atomic E-state index is 11.5. The molecule has 1 unspecified atom stereocenters. The molecule has 1 aliphatic carbocycles. The van der Waals surface area contributed by atoms with Crippen molar-refractivity contribution < 1.29 is 14.3 Å². The van der Waals surface area contributed by atoms with Crippen LogP contribution in [-0.2, 0) is 9.47 Å². The van der Waals surface area contributed by atoms with E-state index in [4.69, 9.17) is 9.47 Å². The topological polar surface area (TPSA) is 47.6 Å². The van der Waals surface area contributed by atoms with Gasteiger partial charge in [0, 0.05) is 13.2 Å². The molecular formula is C13H23NO3. The summed E-state index contributed by atoms with van der Waals surface area (Å²) in [6.07, 6.45) is 9.18. The first-order chi connectivity index (χ1) is 8.33. The molecule has 1 rings (SSSR count). The molecule has 1 N–H and O–H groups in total. The largest absolute Gasteiger partial charge is 0.446 e. The van der Waals surface area contributed by atoms with Crippen molar-refractivity contribution in [1.29, 1.82) is 0 Å². The summed E-state index contributed by atoms with van der Waals surface area (Å²) in [5.74, 6) is 0. The van der Waals surface area contributed by atoms with E-state index in [0.29, 0.717) is 19.8 Å². The second-order valence-electron chi connectivity index (χ2n) is 4.13. The van der Waals surface area contributed by atoms with Crippen LogP contribution in [0.4, 0.5) is 4.79 Å². The minimum absolute atomic E-state index is 0.0621. The molecular weight excluding hydrogens is 218 g/mol. The first kappa shape index (κ1) is 14.0. The molecule has 4 nitrogen and oxygen atoms in total. The SMILES string of the molecule is CCOCCNC(=O)OC1CC/C=C\CCC1. The second-order valence-corrected chi connectivity index (χ2v) is 4.13. The fourth-order valence-electron chi connectivity index (χ4n) is 1.81. The summed E-state index contributed by atoms with van der Waals surface area (Å²) < 4.78 is 10.5. The summed E-state index contributed by atoms with van der Waals surface area (Å²) in [6, 6.07) is 0. The predicted octanol–water partition coefficient (Wildman–Crippen LogP) is 2.64. The quantitative estimate of drug-likeness (QED) is 0.594. The van der Waals surface area contributed by atoms with Crippen molar-refractivity contribution in [2.45, 2.75) is 45.1 Å². The fraction of sp³-hybridized carbons (Fsp3) is 0.769. The number of ether oxygens (including phenoxy) is 2. The first-order valence-corrected chi connectivity index (χ1v) is 6.50. The monoisotopic (exact) mass is 241 g/mol. The van der Waals surface area contributed by atoms with Crippen molar-refractivity contribution >= 4 is 6.09 Å². The third kappa shape index (κ3) is 7.00. The van der Waals surface area contributed by atoms with Crippen LogP contribution in [0.3, 0.4) is 0 Å². The number of allylic oxidation sites excluding steroid dienone is 2. The van der Waals surface area contributed by atoms with Crippen molar-refractivity contribution in [3.05, 3.63) is 12.2 Å². The van der Waals surface area contributed by atoms with Crippen molar-refractivity contribution in [3.8, 4) is 0 Å². The van der Waals surface area contributed by atoms with E-state index in [1.807, 2.05) is 6.92 Å². The molecule has 0 aromatic rings. The standard InChI is InChI=1S/C13H23NO3/c1-2-16-11-10-14-13(15)17-12-8-6-4-3-5-7-9-12/h3-4,12H,2,5-11H2,1H3,(H,14,15)/b4-3-.